The van der Waals surface area contributed by atoms with Crippen molar-refractivity contribution in [3.8, 4) is 0 Å². The summed E-state index contributed by atoms with van der Waals surface area (Å²) in [4.78, 5) is 0. The summed E-state index contributed by atoms with van der Waals surface area (Å²) < 4.78 is 0. The fraction of sp³-hybridized carbons (Fsp3) is 0.500. The number of hydrogen-bond donors (Lipinski definition) is 0. The van der Waals surface area contributed by atoms with Crippen LogP contribution in [0.15, 0.2) is 91.0 Å². The zero-order valence-electron chi connectivity index (χ0n) is 38.8. The lowest BCUT2D eigenvalue weighted by Crippen LogP contribution is -1.90. The van der Waals surface area contributed by atoms with Gasteiger partial charge in [0.25, 0.3) is 0 Å². The van der Waals surface area contributed by atoms with Gasteiger partial charge in [-0.15, -0.1) is 0 Å². The highest BCUT2D eigenvalue weighted by Crippen LogP contribution is 2.25. The number of hydrogen-bond acceptors (Lipinski definition) is 0. The van der Waals surface area contributed by atoms with E-state index in [1.54, 1.807) is 55.6 Å². The summed E-state index contributed by atoms with van der Waals surface area (Å²) in [6.07, 6.45) is 33.9. The molecule has 0 saturated heterocycles. The van der Waals surface area contributed by atoms with Gasteiger partial charge >= 0.3 is 0 Å². The van der Waals surface area contributed by atoms with Gasteiger partial charge in [-0.25, -0.2) is 0 Å². The van der Waals surface area contributed by atoms with Crippen LogP contribution in [0.25, 0.3) is 0 Å². The van der Waals surface area contributed by atoms with Gasteiger partial charge in [0.15, 0.2) is 0 Å². The second-order valence-electron chi connectivity index (χ2n) is 19.2. The molecule has 0 saturated carbocycles. The molecule has 0 radical (unpaired) electrons. The van der Waals surface area contributed by atoms with Crippen molar-refractivity contribution in [1.82, 2.24) is 0 Å². The van der Waals surface area contributed by atoms with Crippen molar-refractivity contribution in [3.63, 3.8) is 0 Å². The molecule has 0 N–H and O–H groups in total. The van der Waals surface area contributed by atoms with Crippen molar-refractivity contribution in [1.29, 1.82) is 0 Å². The Labute approximate surface area is 368 Å². The lowest BCUT2D eigenvalue weighted by molar-refractivity contribution is 0.711. The summed E-state index contributed by atoms with van der Waals surface area (Å²) in [6, 6.07) is 34.6. The van der Waals surface area contributed by atoms with Crippen molar-refractivity contribution in [2.24, 2.45) is 0 Å². The highest BCUT2D eigenvalue weighted by atomic mass is 14.2. The lowest BCUT2D eigenvalue weighted by Gasteiger charge is -2.05. The Kier molecular flexibility index (Phi) is 18.6. The van der Waals surface area contributed by atoms with Gasteiger partial charge in [0.05, 0.1) is 0 Å². The molecular weight excluding hydrogens is 721 g/mol. The Balaban J connectivity index is 0.000000126. The fourth-order valence-electron chi connectivity index (χ4n) is 10.2. The maximum absolute atomic E-state index is 2.36. The van der Waals surface area contributed by atoms with Crippen molar-refractivity contribution in [2.75, 3.05) is 0 Å². The molecule has 0 amide bonds. The average molecular weight is 801 g/mol. The van der Waals surface area contributed by atoms with Gasteiger partial charge in [-0.2, -0.15) is 0 Å². The average Bonchev–Trinajstić information content (AvgIpc) is 3.88. The molecule has 0 nitrogen and oxygen atoms in total. The number of fused-ring (bicyclic) bond motifs is 5. The summed E-state index contributed by atoms with van der Waals surface area (Å²) in [5.41, 5.74) is 23.1. The highest BCUT2D eigenvalue weighted by Gasteiger charge is 2.10. The van der Waals surface area contributed by atoms with Crippen LogP contribution in [0.1, 0.15) is 180 Å². The van der Waals surface area contributed by atoms with Crippen LogP contribution in [-0.2, 0) is 64.2 Å². The summed E-state index contributed by atoms with van der Waals surface area (Å²) in [7, 11) is 0. The molecule has 0 aromatic heterocycles. The van der Waals surface area contributed by atoms with Crippen LogP contribution in [0.5, 0.6) is 0 Å². The summed E-state index contributed by atoms with van der Waals surface area (Å²) in [5, 5.41) is 0. The van der Waals surface area contributed by atoms with E-state index in [9.17, 15) is 0 Å². The third-order valence-corrected chi connectivity index (χ3v) is 13.8. The molecule has 0 heterocycles. The third kappa shape index (κ3) is 14.9. The standard InChI is InChI=1S/5C12H16/c5*1-10-7-8-11-5-3-2-4-6-12(11)9-10/h5*7-9H,2-6H2,1H3. The zero-order valence-corrected chi connectivity index (χ0v) is 38.8. The number of rotatable bonds is 0. The van der Waals surface area contributed by atoms with E-state index in [4.69, 9.17) is 0 Å². The van der Waals surface area contributed by atoms with Crippen LogP contribution in [-0.4, -0.2) is 0 Å². The van der Waals surface area contributed by atoms with E-state index in [1.165, 1.54) is 188 Å². The van der Waals surface area contributed by atoms with E-state index in [-0.39, 0.29) is 0 Å². The van der Waals surface area contributed by atoms with Crippen molar-refractivity contribution in [2.45, 2.75) is 195 Å². The van der Waals surface area contributed by atoms with Crippen molar-refractivity contribution < 1.29 is 0 Å². The maximum Gasteiger partial charge on any atom is -0.0276 e. The molecule has 0 fully saturated rings. The van der Waals surface area contributed by atoms with Gasteiger partial charge in [-0.3, -0.25) is 0 Å². The van der Waals surface area contributed by atoms with Crippen molar-refractivity contribution >= 4 is 0 Å². The quantitative estimate of drug-likeness (QED) is 0.137. The third-order valence-electron chi connectivity index (χ3n) is 13.8. The van der Waals surface area contributed by atoms with Crippen LogP contribution in [0.4, 0.5) is 0 Å². The van der Waals surface area contributed by atoms with Crippen LogP contribution < -0.4 is 0 Å². The first-order valence-electron chi connectivity index (χ1n) is 24.7. The molecule has 320 valence electrons. The van der Waals surface area contributed by atoms with E-state index in [0.717, 1.165) is 0 Å². The summed E-state index contributed by atoms with van der Waals surface area (Å²) in [6.45, 7) is 10.9. The molecule has 0 heteroatoms. The normalized spacial score (nSPS) is 16.8. The molecule has 0 atom stereocenters. The molecule has 60 heavy (non-hydrogen) atoms. The van der Waals surface area contributed by atoms with Crippen molar-refractivity contribution in [3.05, 3.63) is 174 Å². The molecule has 5 aliphatic rings. The molecule has 5 aromatic carbocycles. The highest BCUT2D eigenvalue weighted by molar-refractivity contribution is 5.36. The predicted octanol–water partition coefficient (Wildman–Crippen LogP) is 16.3. The molecule has 0 unspecified atom stereocenters. The Morgan fingerprint density at radius 3 is 0.500 bits per heavy atom. The minimum atomic E-state index is 1.30. The van der Waals surface area contributed by atoms with Crippen LogP contribution >= 0.6 is 0 Å². The van der Waals surface area contributed by atoms with Gasteiger partial charge in [-0.1, -0.05) is 151 Å². The monoisotopic (exact) mass is 801 g/mol. The first-order chi connectivity index (χ1) is 29.3. The van der Waals surface area contributed by atoms with E-state index in [2.05, 4.69) is 126 Å². The largest absolute Gasteiger partial charge is 0.0590 e. The Morgan fingerprint density at radius 1 is 0.183 bits per heavy atom. The molecular formula is C60H80. The Hall–Kier alpha value is -3.90. The van der Waals surface area contributed by atoms with Crippen LogP contribution in [0, 0.1) is 34.6 Å². The smallest absolute Gasteiger partial charge is 0.0276 e. The first kappa shape index (κ1) is 45.6. The van der Waals surface area contributed by atoms with E-state index < -0.39 is 0 Å². The minimum Gasteiger partial charge on any atom is -0.0590 e. The first-order valence-corrected chi connectivity index (χ1v) is 24.7. The van der Waals surface area contributed by atoms with Gasteiger partial charge < -0.3 is 0 Å². The van der Waals surface area contributed by atoms with Gasteiger partial charge in [0.2, 0.25) is 0 Å². The van der Waals surface area contributed by atoms with E-state index in [1.807, 2.05) is 0 Å². The second kappa shape index (κ2) is 24.5. The van der Waals surface area contributed by atoms with Gasteiger partial charge in [0.1, 0.15) is 0 Å². The maximum atomic E-state index is 2.36. The lowest BCUT2D eigenvalue weighted by atomic mass is 10.0. The molecule has 0 spiro atoms. The Morgan fingerprint density at radius 2 is 0.333 bits per heavy atom. The zero-order chi connectivity index (χ0) is 41.9. The molecule has 10 rings (SSSR count). The fourth-order valence-corrected chi connectivity index (χ4v) is 10.2. The topological polar surface area (TPSA) is 0 Å². The number of aryl methyl sites for hydroxylation is 15. The van der Waals surface area contributed by atoms with E-state index >= 15 is 0 Å². The predicted molar refractivity (Wildman–Crippen MR) is 262 cm³/mol. The molecule has 0 aliphatic heterocycles. The summed E-state index contributed by atoms with van der Waals surface area (Å²) >= 11 is 0. The van der Waals surface area contributed by atoms with Crippen LogP contribution in [0.2, 0.25) is 0 Å². The summed E-state index contributed by atoms with van der Waals surface area (Å²) in [5.74, 6) is 0. The number of benzene rings is 5. The van der Waals surface area contributed by atoms with E-state index in [0.29, 0.717) is 0 Å². The van der Waals surface area contributed by atoms with Crippen LogP contribution in [0.3, 0.4) is 0 Å². The SMILES string of the molecule is Cc1ccc2c(c1)CCCCC2.Cc1ccc2c(c1)CCCCC2.Cc1ccc2c(c1)CCCCC2.Cc1ccc2c(c1)CCCCC2.Cc1ccc2c(c1)CCCCC2. The second-order valence-corrected chi connectivity index (χ2v) is 19.2. The van der Waals surface area contributed by atoms with Gasteiger partial charge in [0, 0.05) is 0 Å². The van der Waals surface area contributed by atoms with Gasteiger partial charge in [-0.05, 0) is 219 Å². The Bertz CT molecular complexity index is 1710. The minimum absolute atomic E-state index is 1.30. The molecule has 5 aliphatic carbocycles. The molecule has 0 bridgehead atoms. The molecule has 5 aromatic rings.